The van der Waals surface area contributed by atoms with Gasteiger partial charge >= 0.3 is 5.97 Å². The van der Waals surface area contributed by atoms with Crippen LogP contribution >= 0.6 is 0 Å². The van der Waals surface area contributed by atoms with E-state index in [-0.39, 0.29) is 19.3 Å². The van der Waals surface area contributed by atoms with Gasteiger partial charge in [0.25, 0.3) is 0 Å². The van der Waals surface area contributed by atoms with Gasteiger partial charge < -0.3 is 14.9 Å². The van der Waals surface area contributed by atoms with Gasteiger partial charge in [-0.3, -0.25) is 10.1 Å². The number of aliphatic carboxylic acids is 1. The molecule has 104 valence electrons. The molecule has 0 bridgehead atoms. The minimum absolute atomic E-state index is 0.0237. The highest BCUT2D eigenvalue weighted by Gasteiger charge is 2.39. The number of aliphatic hydroxyl groups excluding tert-OH is 1. The van der Waals surface area contributed by atoms with E-state index in [0.29, 0.717) is 11.3 Å². The molecule has 0 radical (unpaired) electrons. The molecule has 0 aliphatic heterocycles. The van der Waals surface area contributed by atoms with E-state index in [4.69, 9.17) is 4.74 Å². The number of rotatable bonds is 7. The van der Waals surface area contributed by atoms with Crippen molar-refractivity contribution in [1.29, 1.82) is 0 Å². The van der Waals surface area contributed by atoms with Gasteiger partial charge in [0.05, 0.1) is 6.61 Å². The number of nitrogens with one attached hydrogen (secondary N) is 1. The maximum absolute atomic E-state index is 11.4. The smallest absolute Gasteiger partial charge is 0.327 e. The van der Waals surface area contributed by atoms with Crippen LogP contribution in [-0.2, 0) is 11.4 Å². The molecule has 1 aromatic rings. The van der Waals surface area contributed by atoms with Gasteiger partial charge in [0.1, 0.15) is 17.9 Å². The summed E-state index contributed by atoms with van der Waals surface area (Å²) in [5.41, 5.74) is -0.453. The fourth-order valence-electron chi connectivity index (χ4n) is 1.84. The lowest BCUT2D eigenvalue weighted by atomic mass is 10.0. The first-order chi connectivity index (χ1) is 9.05. The zero-order valence-corrected chi connectivity index (χ0v) is 10.9. The SMILES string of the molecule is CC(COc1ccccc1CO)(NC1CC1)C(=O)O. The third kappa shape index (κ3) is 3.45. The molecule has 1 fully saturated rings. The molecular weight excluding hydrogens is 246 g/mol. The second-order valence-corrected chi connectivity index (χ2v) is 5.11. The molecule has 0 aromatic heterocycles. The summed E-state index contributed by atoms with van der Waals surface area (Å²) in [5, 5.41) is 21.6. The van der Waals surface area contributed by atoms with Crippen LogP contribution in [0.4, 0.5) is 0 Å². The second-order valence-electron chi connectivity index (χ2n) is 5.11. The van der Waals surface area contributed by atoms with E-state index in [9.17, 15) is 15.0 Å². The summed E-state index contributed by atoms with van der Waals surface area (Å²) in [5.74, 6) is -0.407. The van der Waals surface area contributed by atoms with E-state index in [1.807, 2.05) is 0 Å². The first-order valence-electron chi connectivity index (χ1n) is 6.38. The molecule has 1 aliphatic carbocycles. The number of ether oxygens (including phenoxy) is 1. The lowest BCUT2D eigenvalue weighted by molar-refractivity contribution is -0.145. The largest absolute Gasteiger partial charge is 0.491 e. The van der Waals surface area contributed by atoms with Crippen molar-refractivity contribution in [3.63, 3.8) is 0 Å². The standard InChI is InChI=1S/C14H19NO4/c1-14(13(17)18,15-11-6-7-11)9-19-12-5-3-2-4-10(12)8-16/h2-5,11,15-16H,6-9H2,1H3,(H,17,18). The van der Waals surface area contributed by atoms with Crippen molar-refractivity contribution in [2.24, 2.45) is 0 Å². The molecule has 1 aromatic carbocycles. The van der Waals surface area contributed by atoms with Crippen LogP contribution in [0.3, 0.4) is 0 Å². The molecule has 5 heteroatoms. The summed E-state index contributed by atoms with van der Waals surface area (Å²) in [6.45, 7) is 1.51. The third-order valence-corrected chi connectivity index (χ3v) is 3.23. The average Bonchev–Trinajstić information content (AvgIpc) is 3.20. The van der Waals surface area contributed by atoms with Crippen molar-refractivity contribution in [2.75, 3.05) is 6.61 Å². The third-order valence-electron chi connectivity index (χ3n) is 3.23. The van der Waals surface area contributed by atoms with Crippen LogP contribution in [0.5, 0.6) is 5.75 Å². The Kier molecular flexibility index (Phi) is 4.07. The van der Waals surface area contributed by atoms with Crippen LogP contribution in [0.25, 0.3) is 0 Å². The minimum Gasteiger partial charge on any atom is -0.491 e. The van der Waals surface area contributed by atoms with Gasteiger partial charge in [-0.25, -0.2) is 0 Å². The molecule has 1 aliphatic rings. The van der Waals surface area contributed by atoms with Crippen molar-refractivity contribution < 1.29 is 19.7 Å². The minimum atomic E-state index is -1.11. The summed E-state index contributed by atoms with van der Waals surface area (Å²) in [6, 6.07) is 7.35. The molecular formula is C14H19NO4. The highest BCUT2D eigenvalue weighted by atomic mass is 16.5. The lowest BCUT2D eigenvalue weighted by Gasteiger charge is -2.26. The molecule has 1 atom stereocenters. The number of hydrogen-bond acceptors (Lipinski definition) is 4. The van der Waals surface area contributed by atoms with E-state index in [1.165, 1.54) is 0 Å². The molecule has 1 saturated carbocycles. The molecule has 2 rings (SSSR count). The summed E-state index contributed by atoms with van der Waals surface area (Å²) < 4.78 is 5.58. The Labute approximate surface area is 112 Å². The van der Waals surface area contributed by atoms with Gasteiger partial charge in [0.2, 0.25) is 0 Å². The van der Waals surface area contributed by atoms with E-state index in [0.717, 1.165) is 12.8 Å². The maximum atomic E-state index is 11.4. The predicted molar refractivity (Wildman–Crippen MR) is 70.1 cm³/mol. The second kappa shape index (κ2) is 5.59. The maximum Gasteiger partial charge on any atom is 0.327 e. The zero-order chi connectivity index (χ0) is 13.9. The topological polar surface area (TPSA) is 78.8 Å². The van der Waals surface area contributed by atoms with Crippen molar-refractivity contribution in [2.45, 2.75) is 38.0 Å². The quantitative estimate of drug-likeness (QED) is 0.689. The van der Waals surface area contributed by atoms with Gasteiger partial charge in [-0.05, 0) is 25.8 Å². The zero-order valence-electron chi connectivity index (χ0n) is 10.9. The monoisotopic (exact) mass is 265 g/mol. The van der Waals surface area contributed by atoms with Crippen LogP contribution < -0.4 is 10.1 Å². The first-order valence-corrected chi connectivity index (χ1v) is 6.38. The highest BCUT2D eigenvalue weighted by Crippen LogP contribution is 2.24. The van der Waals surface area contributed by atoms with Crippen LogP contribution in [0.15, 0.2) is 24.3 Å². The van der Waals surface area contributed by atoms with Gasteiger partial charge in [-0.1, -0.05) is 18.2 Å². The van der Waals surface area contributed by atoms with Crippen molar-refractivity contribution in [3.8, 4) is 5.75 Å². The Morgan fingerprint density at radius 1 is 1.47 bits per heavy atom. The van der Waals surface area contributed by atoms with Crippen LogP contribution in [0.2, 0.25) is 0 Å². The van der Waals surface area contributed by atoms with Crippen LogP contribution in [0, 0.1) is 0 Å². The van der Waals surface area contributed by atoms with Crippen LogP contribution in [0.1, 0.15) is 25.3 Å². The summed E-state index contributed by atoms with van der Waals surface area (Å²) in [7, 11) is 0. The van der Waals surface area contributed by atoms with Crippen molar-refractivity contribution >= 4 is 5.97 Å². The van der Waals surface area contributed by atoms with Gasteiger partial charge in [0, 0.05) is 11.6 Å². The van der Waals surface area contributed by atoms with Gasteiger partial charge in [-0.2, -0.15) is 0 Å². The van der Waals surface area contributed by atoms with Crippen molar-refractivity contribution in [1.82, 2.24) is 5.32 Å². The summed E-state index contributed by atoms with van der Waals surface area (Å²) >= 11 is 0. The van der Waals surface area contributed by atoms with E-state index < -0.39 is 11.5 Å². The number of carbonyl (C=O) groups is 1. The average molecular weight is 265 g/mol. The Bertz CT molecular complexity index is 459. The molecule has 5 nitrogen and oxygen atoms in total. The lowest BCUT2D eigenvalue weighted by Crippen LogP contribution is -2.54. The molecule has 1 unspecified atom stereocenters. The summed E-state index contributed by atoms with van der Waals surface area (Å²) in [4.78, 5) is 11.4. The number of para-hydroxylation sites is 1. The fraction of sp³-hybridized carbons (Fsp3) is 0.500. The first kappa shape index (κ1) is 13.8. The number of benzene rings is 1. The molecule has 0 amide bonds. The van der Waals surface area contributed by atoms with Crippen LogP contribution in [-0.4, -0.2) is 34.4 Å². The van der Waals surface area contributed by atoms with E-state index in [1.54, 1.807) is 31.2 Å². The van der Waals surface area contributed by atoms with Gasteiger partial charge in [0.15, 0.2) is 0 Å². The Morgan fingerprint density at radius 3 is 2.74 bits per heavy atom. The number of hydrogen-bond donors (Lipinski definition) is 3. The highest BCUT2D eigenvalue weighted by molar-refractivity contribution is 5.78. The Balaban J connectivity index is 2.03. The Morgan fingerprint density at radius 2 is 2.16 bits per heavy atom. The van der Waals surface area contributed by atoms with Crippen molar-refractivity contribution in [3.05, 3.63) is 29.8 Å². The fourth-order valence-corrected chi connectivity index (χ4v) is 1.84. The van der Waals surface area contributed by atoms with E-state index >= 15 is 0 Å². The van der Waals surface area contributed by atoms with Gasteiger partial charge in [-0.15, -0.1) is 0 Å². The molecule has 3 N–H and O–H groups in total. The van der Waals surface area contributed by atoms with E-state index in [2.05, 4.69) is 5.32 Å². The molecule has 0 spiro atoms. The number of aliphatic hydroxyl groups is 1. The number of carboxylic acid groups (broad SMARTS) is 1. The summed E-state index contributed by atoms with van der Waals surface area (Å²) in [6.07, 6.45) is 2.02. The molecule has 0 saturated heterocycles. The number of carboxylic acids is 1. The normalized spacial score (nSPS) is 17.8. The molecule has 19 heavy (non-hydrogen) atoms. The molecule has 0 heterocycles. The predicted octanol–water partition coefficient (Wildman–Crippen LogP) is 1.15. The Hall–Kier alpha value is -1.59.